The first-order chi connectivity index (χ1) is 10.4. The van der Waals surface area contributed by atoms with Crippen molar-refractivity contribution >= 4 is 15.9 Å². The highest BCUT2D eigenvalue weighted by Gasteiger charge is 2.25. The van der Waals surface area contributed by atoms with Crippen molar-refractivity contribution in [3.8, 4) is 0 Å². The van der Waals surface area contributed by atoms with E-state index >= 15 is 0 Å². The molecule has 0 spiro atoms. The maximum absolute atomic E-state index is 13.5. The summed E-state index contributed by atoms with van der Waals surface area (Å²) in [5.41, 5.74) is 0. The van der Waals surface area contributed by atoms with Crippen LogP contribution in [0.25, 0.3) is 0 Å². The number of carbonyl (C=O) groups is 1. The zero-order chi connectivity index (χ0) is 16.2. The van der Waals surface area contributed by atoms with Crippen LogP contribution in [-0.4, -0.2) is 39.7 Å². The van der Waals surface area contributed by atoms with Crippen LogP contribution in [0.2, 0.25) is 0 Å². The lowest BCUT2D eigenvalue weighted by Crippen LogP contribution is -2.39. The summed E-state index contributed by atoms with van der Waals surface area (Å²) in [6.07, 6.45) is 0.738. The van der Waals surface area contributed by atoms with Gasteiger partial charge < -0.3 is 9.47 Å². The number of hydrogen-bond acceptors (Lipinski definition) is 5. The monoisotopic (exact) mass is 331 g/mol. The Morgan fingerprint density at radius 3 is 2.86 bits per heavy atom. The molecule has 1 amide bonds. The first-order valence-electron chi connectivity index (χ1n) is 6.94. The molecule has 1 aliphatic heterocycles. The minimum Gasteiger partial charge on any atom is -0.376 e. The zero-order valence-corrected chi connectivity index (χ0v) is 12.9. The van der Waals surface area contributed by atoms with Crippen LogP contribution in [0.15, 0.2) is 29.2 Å². The van der Waals surface area contributed by atoms with Crippen molar-refractivity contribution in [3.63, 3.8) is 0 Å². The molecule has 0 saturated carbocycles. The summed E-state index contributed by atoms with van der Waals surface area (Å²) in [4.78, 5) is 11.3. The number of amides is 1. The third kappa shape index (κ3) is 4.25. The number of halogens is 1. The maximum atomic E-state index is 13.5. The van der Waals surface area contributed by atoms with E-state index in [2.05, 4.69) is 0 Å². The maximum Gasteiger partial charge on any atom is 0.267 e. The van der Waals surface area contributed by atoms with Gasteiger partial charge in [0.2, 0.25) is 0 Å². The van der Waals surface area contributed by atoms with Crippen molar-refractivity contribution in [2.45, 2.75) is 36.9 Å². The second-order valence-corrected chi connectivity index (χ2v) is 6.66. The lowest BCUT2D eigenvalue weighted by Gasteiger charge is -2.16. The lowest BCUT2D eigenvalue weighted by atomic mass is 10.2. The summed E-state index contributed by atoms with van der Waals surface area (Å²) < 4.78 is 49.9. The van der Waals surface area contributed by atoms with Gasteiger partial charge in [-0.25, -0.2) is 17.5 Å². The van der Waals surface area contributed by atoms with E-state index in [-0.39, 0.29) is 12.7 Å². The second-order valence-electron chi connectivity index (χ2n) is 5.01. The quantitative estimate of drug-likeness (QED) is 0.847. The molecule has 1 heterocycles. The molecule has 1 aromatic carbocycles. The van der Waals surface area contributed by atoms with Gasteiger partial charge in [0.05, 0.1) is 12.7 Å². The first-order valence-corrected chi connectivity index (χ1v) is 8.43. The fraction of sp³-hybridized carbons (Fsp3) is 0.500. The molecule has 122 valence electrons. The molecule has 2 rings (SSSR count). The number of hydrogen-bond donors (Lipinski definition) is 1. The first kappa shape index (κ1) is 16.9. The predicted octanol–water partition coefficient (Wildman–Crippen LogP) is 1.21. The van der Waals surface area contributed by atoms with Gasteiger partial charge in [-0.1, -0.05) is 12.1 Å². The zero-order valence-electron chi connectivity index (χ0n) is 12.1. The van der Waals surface area contributed by atoms with Crippen molar-refractivity contribution in [3.05, 3.63) is 30.1 Å². The average Bonchev–Trinajstić information content (AvgIpc) is 2.97. The van der Waals surface area contributed by atoms with Crippen LogP contribution >= 0.6 is 0 Å². The van der Waals surface area contributed by atoms with Gasteiger partial charge in [-0.2, -0.15) is 0 Å². The van der Waals surface area contributed by atoms with Crippen LogP contribution in [0.1, 0.15) is 19.8 Å². The third-order valence-electron chi connectivity index (χ3n) is 3.29. The van der Waals surface area contributed by atoms with Crippen LogP contribution in [-0.2, 0) is 24.3 Å². The highest BCUT2D eigenvalue weighted by molar-refractivity contribution is 7.90. The Kier molecular flexibility index (Phi) is 5.49. The minimum atomic E-state index is -4.26. The van der Waals surface area contributed by atoms with Crippen LogP contribution in [0.4, 0.5) is 4.39 Å². The van der Waals surface area contributed by atoms with Gasteiger partial charge in [0.25, 0.3) is 15.9 Å². The fourth-order valence-corrected chi connectivity index (χ4v) is 3.16. The van der Waals surface area contributed by atoms with Gasteiger partial charge in [0, 0.05) is 6.61 Å². The summed E-state index contributed by atoms with van der Waals surface area (Å²) in [5.74, 6) is -1.77. The van der Waals surface area contributed by atoms with Gasteiger partial charge in [-0.3, -0.25) is 4.79 Å². The second kappa shape index (κ2) is 7.17. The van der Waals surface area contributed by atoms with E-state index in [0.29, 0.717) is 6.61 Å². The van der Waals surface area contributed by atoms with Crippen LogP contribution in [0.5, 0.6) is 0 Å². The van der Waals surface area contributed by atoms with E-state index in [1.807, 2.05) is 4.72 Å². The highest BCUT2D eigenvalue weighted by Crippen LogP contribution is 2.15. The molecule has 0 radical (unpaired) electrons. The van der Waals surface area contributed by atoms with Crippen molar-refractivity contribution in [2.24, 2.45) is 0 Å². The molecule has 22 heavy (non-hydrogen) atoms. The van der Waals surface area contributed by atoms with Crippen LogP contribution in [0, 0.1) is 5.82 Å². The van der Waals surface area contributed by atoms with Gasteiger partial charge in [-0.15, -0.1) is 0 Å². The van der Waals surface area contributed by atoms with E-state index in [1.54, 1.807) is 0 Å². The van der Waals surface area contributed by atoms with Gasteiger partial charge >= 0.3 is 0 Å². The summed E-state index contributed by atoms with van der Waals surface area (Å²) in [7, 11) is -4.26. The Balaban J connectivity index is 1.93. The van der Waals surface area contributed by atoms with Crippen LogP contribution < -0.4 is 4.72 Å². The van der Waals surface area contributed by atoms with Gasteiger partial charge in [0.15, 0.2) is 0 Å². The Morgan fingerprint density at radius 1 is 1.50 bits per heavy atom. The fourth-order valence-electron chi connectivity index (χ4n) is 2.04. The van der Waals surface area contributed by atoms with E-state index in [9.17, 15) is 17.6 Å². The van der Waals surface area contributed by atoms with E-state index in [4.69, 9.17) is 9.47 Å². The van der Waals surface area contributed by atoms with Crippen molar-refractivity contribution in [1.29, 1.82) is 0 Å². The minimum absolute atomic E-state index is 0.0709. The SMILES string of the molecule is C[C@H](OC[C@H]1CCCO1)C(=O)NS(=O)(=O)c1ccccc1F. The molecule has 1 N–H and O–H groups in total. The Labute approximate surface area is 128 Å². The Bertz CT molecular complexity index is 628. The molecule has 0 aromatic heterocycles. The van der Waals surface area contributed by atoms with E-state index in [1.165, 1.54) is 19.1 Å². The summed E-state index contributed by atoms with van der Waals surface area (Å²) in [6.45, 7) is 2.31. The molecule has 1 aromatic rings. The van der Waals surface area contributed by atoms with Crippen molar-refractivity contribution < 1.29 is 27.1 Å². The van der Waals surface area contributed by atoms with E-state index < -0.39 is 32.7 Å². The highest BCUT2D eigenvalue weighted by atomic mass is 32.2. The Morgan fingerprint density at radius 2 is 2.23 bits per heavy atom. The number of nitrogens with one attached hydrogen (secondary N) is 1. The molecule has 6 nitrogen and oxygen atoms in total. The summed E-state index contributed by atoms with van der Waals surface area (Å²) in [6, 6.07) is 4.84. The topological polar surface area (TPSA) is 81.7 Å². The summed E-state index contributed by atoms with van der Waals surface area (Å²) >= 11 is 0. The number of benzene rings is 1. The number of carbonyl (C=O) groups excluding carboxylic acids is 1. The molecule has 1 aliphatic rings. The summed E-state index contributed by atoms with van der Waals surface area (Å²) in [5, 5.41) is 0. The van der Waals surface area contributed by atoms with Crippen LogP contribution in [0.3, 0.4) is 0 Å². The molecule has 0 unspecified atom stereocenters. The molecule has 1 fully saturated rings. The molecular formula is C14H18FNO5S. The third-order valence-corrected chi connectivity index (χ3v) is 4.67. The molecular weight excluding hydrogens is 313 g/mol. The molecule has 2 atom stereocenters. The van der Waals surface area contributed by atoms with Gasteiger partial charge in [-0.05, 0) is 31.9 Å². The molecule has 1 saturated heterocycles. The molecule has 8 heteroatoms. The van der Waals surface area contributed by atoms with Crippen molar-refractivity contribution in [1.82, 2.24) is 4.72 Å². The number of sulfonamides is 1. The average molecular weight is 331 g/mol. The largest absolute Gasteiger partial charge is 0.376 e. The number of ether oxygens (including phenoxy) is 2. The number of rotatable bonds is 6. The van der Waals surface area contributed by atoms with Gasteiger partial charge in [0.1, 0.15) is 16.8 Å². The molecule has 0 aliphatic carbocycles. The standard InChI is InChI=1S/C14H18FNO5S/c1-10(21-9-11-5-4-8-20-11)14(17)16-22(18,19)13-7-3-2-6-12(13)15/h2-3,6-7,10-11H,4-5,8-9H2,1H3,(H,16,17)/t10-,11+/m0/s1. The smallest absolute Gasteiger partial charge is 0.267 e. The predicted molar refractivity (Wildman–Crippen MR) is 76.1 cm³/mol. The normalized spacial score (nSPS) is 19.8. The van der Waals surface area contributed by atoms with E-state index in [0.717, 1.165) is 25.0 Å². The Hall–Kier alpha value is -1.51. The molecule has 0 bridgehead atoms. The van der Waals surface area contributed by atoms with Crippen molar-refractivity contribution in [2.75, 3.05) is 13.2 Å². The lowest BCUT2D eigenvalue weighted by molar-refractivity contribution is -0.131.